The molecule has 13 heteroatoms. The van der Waals surface area contributed by atoms with E-state index in [0.717, 1.165) is 0 Å². The van der Waals surface area contributed by atoms with Gasteiger partial charge in [-0.2, -0.15) is 0 Å². The topological polar surface area (TPSA) is 176 Å². The van der Waals surface area contributed by atoms with Gasteiger partial charge in [-0.15, -0.1) is 0 Å². The van der Waals surface area contributed by atoms with Crippen LogP contribution in [0.25, 0.3) is 0 Å². The lowest BCUT2D eigenvalue weighted by molar-refractivity contribution is -0.134. The number of aliphatic hydroxyl groups is 1. The minimum atomic E-state index is -0.498. The number of nitrogen functional groups attached to an aromatic ring is 1. The van der Waals surface area contributed by atoms with Crippen molar-refractivity contribution in [3.05, 3.63) is 72.3 Å². The van der Waals surface area contributed by atoms with Crippen LogP contribution in [0.4, 0.5) is 27.5 Å². The van der Waals surface area contributed by atoms with E-state index < -0.39 is 12.1 Å². The van der Waals surface area contributed by atoms with Crippen molar-refractivity contribution in [2.75, 3.05) is 55.5 Å². The molecule has 1 heterocycles. The first-order valence-corrected chi connectivity index (χ1v) is 17.3. The highest BCUT2D eigenvalue weighted by atomic mass is 16.5. The maximum absolute atomic E-state index is 13.6. The number of amides is 5. The van der Waals surface area contributed by atoms with E-state index in [2.05, 4.69) is 16.0 Å². The largest absolute Gasteiger partial charge is 0.497 e. The zero-order valence-electron chi connectivity index (χ0n) is 29.8. The smallest absolute Gasteiger partial charge is 0.321 e. The van der Waals surface area contributed by atoms with Gasteiger partial charge in [-0.25, -0.2) is 4.79 Å². The van der Waals surface area contributed by atoms with Crippen LogP contribution in [0.1, 0.15) is 51.5 Å². The summed E-state index contributed by atoms with van der Waals surface area (Å²) in [6, 6.07) is 18.5. The molecular formula is C38H50N6O7. The number of nitrogens with zero attached hydrogens (tertiary/aromatic N) is 2. The Balaban J connectivity index is 1.37. The molecule has 0 bridgehead atoms. The maximum atomic E-state index is 13.6. The number of nitrogens with two attached hydrogens (primary N) is 1. The second kappa shape index (κ2) is 18.6. The van der Waals surface area contributed by atoms with Crippen molar-refractivity contribution >= 4 is 46.5 Å². The third-order valence-corrected chi connectivity index (χ3v) is 8.88. The highest BCUT2D eigenvalue weighted by Crippen LogP contribution is 2.30. The summed E-state index contributed by atoms with van der Waals surface area (Å²) in [7, 11) is 3.25. The number of para-hydroxylation sites is 2. The summed E-state index contributed by atoms with van der Waals surface area (Å²) in [6.45, 7) is 4.08. The summed E-state index contributed by atoms with van der Waals surface area (Å²) in [5, 5.41) is 18.6. The molecule has 1 aliphatic heterocycles. The van der Waals surface area contributed by atoms with Crippen molar-refractivity contribution in [1.82, 2.24) is 9.80 Å². The van der Waals surface area contributed by atoms with E-state index in [1.165, 1.54) is 4.90 Å². The minimum Gasteiger partial charge on any atom is -0.497 e. The van der Waals surface area contributed by atoms with Crippen LogP contribution in [-0.2, 0) is 20.8 Å². The molecule has 0 saturated heterocycles. The Morgan fingerprint density at radius 3 is 2.31 bits per heavy atom. The molecule has 1 aliphatic rings. The number of carbonyl (C=O) groups excluding carboxylic acids is 4. The number of fused-ring (bicyclic) bond motifs is 1. The molecule has 13 nitrogen and oxygen atoms in total. The van der Waals surface area contributed by atoms with Gasteiger partial charge in [-0.3, -0.25) is 14.4 Å². The van der Waals surface area contributed by atoms with E-state index in [0.29, 0.717) is 72.0 Å². The molecule has 274 valence electrons. The first-order chi connectivity index (χ1) is 24.5. The number of methoxy groups -OCH3 is 1. The molecule has 0 radical (unpaired) electrons. The Morgan fingerprint density at radius 1 is 0.980 bits per heavy atom. The fraction of sp³-hybridized carbons (Fsp3) is 0.421. The first kappa shape index (κ1) is 38.5. The van der Waals surface area contributed by atoms with E-state index in [-0.39, 0.29) is 55.7 Å². The number of unbranched alkanes of at least 4 members (excludes halogenated alkanes) is 2. The van der Waals surface area contributed by atoms with E-state index in [4.69, 9.17) is 15.2 Å². The Kier molecular flexibility index (Phi) is 14.1. The van der Waals surface area contributed by atoms with Crippen LogP contribution in [0.2, 0.25) is 0 Å². The molecule has 0 fully saturated rings. The fourth-order valence-electron chi connectivity index (χ4n) is 5.77. The predicted molar refractivity (Wildman–Crippen MR) is 198 cm³/mol. The predicted octanol–water partition coefficient (Wildman–Crippen LogP) is 5.12. The Labute approximate surface area is 299 Å². The van der Waals surface area contributed by atoms with Crippen LogP contribution in [-0.4, -0.2) is 84.7 Å². The number of urea groups is 1. The Morgan fingerprint density at radius 2 is 1.65 bits per heavy atom. The molecule has 0 saturated carbocycles. The van der Waals surface area contributed by atoms with E-state index in [1.54, 1.807) is 92.7 Å². The lowest BCUT2D eigenvalue weighted by Gasteiger charge is -2.34. The van der Waals surface area contributed by atoms with Gasteiger partial charge in [0.1, 0.15) is 17.6 Å². The fourth-order valence-corrected chi connectivity index (χ4v) is 5.77. The zero-order valence-corrected chi connectivity index (χ0v) is 29.8. The van der Waals surface area contributed by atoms with Gasteiger partial charge >= 0.3 is 6.03 Å². The molecule has 51 heavy (non-hydrogen) atoms. The standard InChI is InChI=1S/C38H50N6O7/c1-25-22-44(26(2)24-45)37(48)21-27-20-29(40-35(46)12-6-5-7-13-36(47)42-32-11-9-8-10-31(32)39)16-19-33(27)51-34(25)23-43(3)38(49)41-28-14-17-30(50-4)18-15-28/h8-11,14-20,25-26,34,45H,5-7,12-13,21-24,39H2,1-4H3,(H,40,46)(H,41,49)(H,42,47)/t25-,26+,34-/m0/s1. The van der Waals surface area contributed by atoms with Crippen LogP contribution in [0, 0.1) is 5.92 Å². The molecule has 0 aromatic heterocycles. The average Bonchev–Trinajstić information content (AvgIpc) is 3.16. The number of hydrogen-bond acceptors (Lipinski definition) is 8. The van der Waals surface area contributed by atoms with Gasteiger partial charge in [0.05, 0.1) is 44.1 Å². The van der Waals surface area contributed by atoms with Gasteiger partial charge in [-0.1, -0.05) is 25.5 Å². The summed E-state index contributed by atoms with van der Waals surface area (Å²) in [6.07, 6.45) is 2.03. The summed E-state index contributed by atoms with van der Waals surface area (Å²) < 4.78 is 11.7. The highest BCUT2D eigenvalue weighted by molar-refractivity contribution is 5.94. The van der Waals surface area contributed by atoms with Crippen molar-refractivity contribution in [2.24, 2.45) is 5.92 Å². The molecule has 0 unspecified atom stereocenters. The lowest BCUT2D eigenvalue weighted by atomic mass is 10.0. The summed E-state index contributed by atoms with van der Waals surface area (Å²) >= 11 is 0. The normalized spacial score (nSPS) is 16.3. The molecule has 6 N–H and O–H groups in total. The third kappa shape index (κ3) is 11.4. The summed E-state index contributed by atoms with van der Waals surface area (Å²) in [5.74, 6) is 0.470. The molecule has 3 aromatic carbocycles. The molecule has 3 aromatic rings. The van der Waals surface area contributed by atoms with Crippen molar-refractivity contribution in [1.29, 1.82) is 0 Å². The van der Waals surface area contributed by atoms with Gasteiger partial charge in [-0.05, 0) is 74.4 Å². The SMILES string of the molecule is COc1ccc(NC(=O)N(C)C[C@@H]2Oc3ccc(NC(=O)CCCCCC(=O)Nc4ccccc4N)cc3CC(=O)N([C@H](C)CO)C[C@@H]2C)cc1. The van der Waals surface area contributed by atoms with Crippen LogP contribution in [0.3, 0.4) is 0 Å². The molecule has 0 aliphatic carbocycles. The second-order valence-electron chi connectivity index (χ2n) is 13.0. The number of ether oxygens (including phenoxy) is 2. The summed E-state index contributed by atoms with van der Waals surface area (Å²) in [4.78, 5) is 55.0. The van der Waals surface area contributed by atoms with Gasteiger partial charge in [0, 0.05) is 49.3 Å². The minimum absolute atomic E-state index is 0.00726. The van der Waals surface area contributed by atoms with E-state index in [9.17, 15) is 24.3 Å². The number of benzene rings is 3. The maximum Gasteiger partial charge on any atom is 0.321 e. The average molecular weight is 703 g/mol. The number of hydrogen-bond donors (Lipinski definition) is 5. The lowest BCUT2D eigenvalue weighted by Crippen LogP contribution is -2.48. The third-order valence-electron chi connectivity index (χ3n) is 8.88. The number of likely N-dealkylation sites (N-methyl/N-ethyl adjacent to an activating group) is 1. The monoisotopic (exact) mass is 702 g/mol. The Bertz CT molecular complexity index is 1650. The van der Waals surface area contributed by atoms with Crippen LogP contribution in [0.5, 0.6) is 11.5 Å². The zero-order chi connectivity index (χ0) is 36.9. The van der Waals surface area contributed by atoms with Gasteiger partial charge in [0.15, 0.2) is 0 Å². The van der Waals surface area contributed by atoms with Crippen LogP contribution in [0.15, 0.2) is 66.7 Å². The van der Waals surface area contributed by atoms with Crippen molar-refractivity contribution in [3.63, 3.8) is 0 Å². The molecule has 5 amide bonds. The molecule has 0 spiro atoms. The number of anilines is 4. The van der Waals surface area contributed by atoms with Gasteiger partial charge in [0.25, 0.3) is 0 Å². The summed E-state index contributed by atoms with van der Waals surface area (Å²) in [5.41, 5.74) is 8.70. The number of carbonyl (C=O) groups is 4. The van der Waals surface area contributed by atoms with Crippen molar-refractivity contribution in [3.8, 4) is 11.5 Å². The van der Waals surface area contributed by atoms with Crippen molar-refractivity contribution < 1.29 is 33.8 Å². The quantitative estimate of drug-likeness (QED) is 0.114. The number of rotatable bonds is 14. The van der Waals surface area contributed by atoms with E-state index in [1.807, 2.05) is 6.92 Å². The first-order valence-electron chi connectivity index (χ1n) is 17.3. The molecule has 3 atom stereocenters. The number of nitrogens with one attached hydrogen (secondary N) is 3. The molecule has 4 rings (SSSR count). The van der Waals surface area contributed by atoms with Crippen molar-refractivity contribution in [2.45, 2.75) is 64.5 Å². The van der Waals surface area contributed by atoms with Gasteiger partial charge in [0.2, 0.25) is 17.7 Å². The van der Waals surface area contributed by atoms with Crippen LogP contribution < -0.4 is 31.2 Å². The second-order valence-corrected chi connectivity index (χ2v) is 13.0. The van der Waals surface area contributed by atoms with Gasteiger partial charge < -0.3 is 46.1 Å². The van der Waals surface area contributed by atoms with Crippen LogP contribution >= 0.6 is 0 Å². The highest BCUT2D eigenvalue weighted by Gasteiger charge is 2.32. The van der Waals surface area contributed by atoms with E-state index >= 15 is 0 Å². The Hall–Kier alpha value is -5.30. The number of aliphatic hydroxyl groups excluding tert-OH is 1. The molecular weight excluding hydrogens is 652 g/mol.